The van der Waals surface area contributed by atoms with E-state index in [0.717, 1.165) is 44.9 Å². The molecule has 75 heavy (non-hydrogen) atoms. The van der Waals surface area contributed by atoms with E-state index >= 15 is 0 Å². The van der Waals surface area contributed by atoms with Crippen LogP contribution >= 0.6 is 7.82 Å². The largest absolute Gasteiger partial charge is 0.472 e. The zero-order valence-corrected chi connectivity index (χ0v) is 46.2. The first kappa shape index (κ1) is 68.7. The highest BCUT2D eigenvalue weighted by atomic mass is 31.2. The predicted molar refractivity (Wildman–Crippen MR) is 277 cm³/mol. The van der Waals surface area contributed by atoms with E-state index < -0.39 is 132 Å². The molecule has 2 saturated heterocycles. The molecule has 18 atom stereocenters. The molecule has 0 aromatic rings. The molecule has 446 valence electrons. The van der Waals surface area contributed by atoms with Gasteiger partial charge in [0.25, 0.3) is 0 Å². The van der Waals surface area contributed by atoms with Gasteiger partial charge in [-0.1, -0.05) is 181 Å². The second-order valence-electron chi connectivity index (χ2n) is 21.2. The first-order valence-electron chi connectivity index (χ1n) is 28.9. The number of aliphatic hydroxyl groups excluding tert-OH is 11. The monoisotopic (exact) mass is 1110 g/mol. The number of aliphatic hydroxyl groups is 11. The van der Waals surface area contributed by atoms with Crippen LogP contribution < -0.4 is 0 Å². The molecule has 2 heterocycles. The lowest BCUT2D eigenvalue weighted by molar-refractivity contribution is -0.360. The van der Waals surface area contributed by atoms with E-state index in [9.17, 15) is 65.6 Å². The number of rotatable bonds is 44. The molecule has 0 spiro atoms. The SMILES string of the molecule is CCCCCCCCCCCCCCCCOC[C@H](COP(=O)(O)OC1[C@H](O[C@H]2O[C@H](CO)[C@@H](O)[C@H](O)[C@@H]2O)[C@H](O)C(O)[C@H](O)[C@H]1O[C@H]1O[C@H](CO)[C@@H](O)[C@H](O)[C@@H]1O)OCCCCCCCCCCCCCCCC. The van der Waals surface area contributed by atoms with Crippen molar-refractivity contribution in [2.75, 3.05) is 39.6 Å². The lowest BCUT2D eigenvalue weighted by Gasteiger charge is -2.49. The third-order valence-corrected chi connectivity index (χ3v) is 15.8. The number of hydrogen-bond donors (Lipinski definition) is 12. The zero-order chi connectivity index (χ0) is 55.0. The molecule has 3 aliphatic rings. The summed E-state index contributed by atoms with van der Waals surface area (Å²) in [5.41, 5.74) is 0. The molecule has 3 rings (SSSR count). The average molecular weight is 1110 g/mol. The number of ether oxygens (including phenoxy) is 6. The van der Waals surface area contributed by atoms with Gasteiger partial charge < -0.3 is 89.5 Å². The van der Waals surface area contributed by atoms with Crippen molar-refractivity contribution in [2.45, 2.75) is 298 Å². The van der Waals surface area contributed by atoms with E-state index in [1.165, 1.54) is 128 Å². The summed E-state index contributed by atoms with van der Waals surface area (Å²) in [6.07, 6.45) is 0.489. The number of phosphoric ester groups is 1. The minimum absolute atomic E-state index is 0.00418. The van der Waals surface area contributed by atoms with Gasteiger partial charge in [0.2, 0.25) is 0 Å². The lowest BCUT2D eigenvalue weighted by atomic mass is 9.84. The van der Waals surface area contributed by atoms with Gasteiger partial charge in [0.15, 0.2) is 12.6 Å². The molecule has 1 aliphatic carbocycles. The normalized spacial score (nSPS) is 32.7. The highest BCUT2D eigenvalue weighted by molar-refractivity contribution is 7.47. The van der Waals surface area contributed by atoms with Gasteiger partial charge in [-0.2, -0.15) is 0 Å². The Morgan fingerprint density at radius 1 is 0.413 bits per heavy atom. The van der Waals surface area contributed by atoms with Crippen molar-refractivity contribution in [3.63, 3.8) is 0 Å². The lowest BCUT2D eigenvalue weighted by Crippen LogP contribution is -2.69. The standard InChI is InChI=1S/C53H103O21P/c1-3-5-7-9-11-13-15-17-19-21-23-25-27-29-31-67-35-37(68-32-30-28-26-24-22-20-18-16-14-12-10-8-6-4-2)36-69-75(65,66)74-51-49(72-52-47(63)42(58)40(56)38(33-54)70-52)45(61)44(60)46(62)50(51)73-53-48(64)43(59)41(57)39(34-55)71-53/h37-64H,3-36H2,1-2H3,(H,65,66)/t37-,38-,39-,40-,41-,42+,43+,44?,45-,46+,47+,48+,49-,50-,51?,52-,53-/m1/s1. The summed E-state index contributed by atoms with van der Waals surface area (Å²) in [5.74, 6) is 0. The molecule has 3 fully saturated rings. The van der Waals surface area contributed by atoms with Crippen molar-refractivity contribution in [3.05, 3.63) is 0 Å². The highest BCUT2D eigenvalue weighted by Crippen LogP contribution is 2.49. The summed E-state index contributed by atoms with van der Waals surface area (Å²) in [6, 6.07) is 0. The fourth-order valence-electron chi connectivity index (χ4n) is 9.94. The first-order chi connectivity index (χ1) is 36.1. The van der Waals surface area contributed by atoms with Crippen LogP contribution in [0.15, 0.2) is 0 Å². The molecule has 0 bridgehead atoms. The Labute approximate surface area is 447 Å². The molecule has 0 amide bonds. The molecule has 2 aliphatic heterocycles. The van der Waals surface area contributed by atoms with Crippen LogP contribution in [0.1, 0.15) is 194 Å². The number of unbranched alkanes of at least 4 members (excludes halogenated alkanes) is 26. The molecular weight excluding hydrogens is 1000 g/mol. The fraction of sp³-hybridized carbons (Fsp3) is 1.00. The predicted octanol–water partition coefficient (Wildman–Crippen LogP) is 4.32. The maximum absolute atomic E-state index is 14.0. The van der Waals surface area contributed by atoms with Gasteiger partial charge in [-0.3, -0.25) is 9.05 Å². The summed E-state index contributed by atoms with van der Waals surface area (Å²) < 4.78 is 59.6. The van der Waals surface area contributed by atoms with Crippen LogP contribution in [0.2, 0.25) is 0 Å². The molecular formula is C53H103O21P. The minimum Gasteiger partial charge on any atom is -0.394 e. The maximum Gasteiger partial charge on any atom is 0.472 e. The molecule has 3 unspecified atom stereocenters. The average Bonchev–Trinajstić information content (AvgIpc) is 3.40. The molecule has 12 N–H and O–H groups in total. The van der Waals surface area contributed by atoms with Gasteiger partial charge in [-0.25, -0.2) is 4.57 Å². The number of hydrogen-bond acceptors (Lipinski definition) is 20. The smallest absolute Gasteiger partial charge is 0.394 e. The van der Waals surface area contributed by atoms with Gasteiger partial charge in [0.1, 0.15) is 91.6 Å². The molecule has 21 nitrogen and oxygen atoms in total. The number of phosphoric acid groups is 1. The van der Waals surface area contributed by atoms with Crippen LogP contribution in [0.5, 0.6) is 0 Å². The first-order valence-corrected chi connectivity index (χ1v) is 30.4. The van der Waals surface area contributed by atoms with E-state index in [4.69, 9.17) is 37.5 Å². The van der Waals surface area contributed by atoms with Gasteiger partial charge in [-0.05, 0) is 12.8 Å². The highest BCUT2D eigenvalue weighted by Gasteiger charge is 2.58. The summed E-state index contributed by atoms with van der Waals surface area (Å²) in [7, 11) is -5.40. The van der Waals surface area contributed by atoms with Crippen molar-refractivity contribution >= 4 is 7.82 Å². The van der Waals surface area contributed by atoms with Gasteiger partial charge in [0.05, 0.1) is 26.4 Å². The van der Waals surface area contributed by atoms with E-state index in [0.29, 0.717) is 19.6 Å². The van der Waals surface area contributed by atoms with E-state index in [1.807, 2.05) is 0 Å². The molecule has 1 saturated carbocycles. The van der Waals surface area contributed by atoms with E-state index in [1.54, 1.807) is 0 Å². The van der Waals surface area contributed by atoms with Crippen LogP contribution in [0.3, 0.4) is 0 Å². The molecule has 0 aromatic heterocycles. The Kier molecular flexibility index (Phi) is 36.4. The summed E-state index contributed by atoms with van der Waals surface area (Å²) in [6.45, 7) is 2.86. The van der Waals surface area contributed by atoms with Gasteiger partial charge >= 0.3 is 7.82 Å². The molecule has 22 heteroatoms. The fourth-order valence-corrected chi connectivity index (χ4v) is 10.9. The molecule has 0 radical (unpaired) electrons. The maximum atomic E-state index is 14.0. The topological polar surface area (TPSA) is 334 Å². The van der Waals surface area contributed by atoms with Crippen molar-refractivity contribution in [1.29, 1.82) is 0 Å². The molecule has 0 aromatic carbocycles. The Balaban J connectivity index is 1.66. The summed E-state index contributed by atoms with van der Waals surface area (Å²) in [5, 5.41) is 117. The van der Waals surface area contributed by atoms with Crippen LogP contribution in [0.4, 0.5) is 0 Å². The van der Waals surface area contributed by atoms with Crippen molar-refractivity contribution < 1.29 is 103 Å². The van der Waals surface area contributed by atoms with Gasteiger partial charge in [0, 0.05) is 13.2 Å². The Morgan fingerprint density at radius 2 is 0.747 bits per heavy atom. The Morgan fingerprint density at radius 3 is 1.11 bits per heavy atom. The zero-order valence-electron chi connectivity index (χ0n) is 45.3. The third-order valence-electron chi connectivity index (χ3n) is 14.8. The van der Waals surface area contributed by atoms with Gasteiger partial charge in [-0.15, -0.1) is 0 Å². The Hall–Kier alpha value is -0.570. The quantitative estimate of drug-likeness (QED) is 0.0299. The third kappa shape index (κ3) is 25.4. The minimum atomic E-state index is -5.40. The van der Waals surface area contributed by atoms with Crippen LogP contribution in [0, 0.1) is 0 Å². The van der Waals surface area contributed by atoms with Crippen LogP contribution in [-0.2, 0) is 42.0 Å². The summed E-state index contributed by atoms with van der Waals surface area (Å²) >= 11 is 0. The summed E-state index contributed by atoms with van der Waals surface area (Å²) in [4.78, 5) is 11.3. The van der Waals surface area contributed by atoms with Crippen LogP contribution in [0.25, 0.3) is 0 Å². The second kappa shape index (κ2) is 39.8. The Bertz CT molecular complexity index is 1390. The van der Waals surface area contributed by atoms with Crippen molar-refractivity contribution in [3.8, 4) is 0 Å². The van der Waals surface area contributed by atoms with E-state index in [2.05, 4.69) is 13.8 Å². The van der Waals surface area contributed by atoms with Crippen molar-refractivity contribution in [2.24, 2.45) is 0 Å². The van der Waals surface area contributed by atoms with Crippen molar-refractivity contribution in [1.82, 2.24) is 0 Å². The van der Waals surface area contributed by atoms with E-state index in [-0.39, 0.29) is 6.61 Å². The second-order valence-corrected chi connectivity index (χ2v) is 22.6. The van der Waals surface area contributed by atoms with Crippen LogP contribution in [-0.4, -0.2) is 205 Å².